The van der Waals surface area contributed by atoms with Crippen molar-refractivity contribution in [3.05, 3.63) is 47.3 Å². The normalized spacial score (nSPS) is 11.0. The Hall–Kier alpha value is -3.03. The highest BCUT2D eigenvalue weighted by Gasteiger charge is 2.26. The van der Waals surface area contributed by atoms with Crippen molar-refractivity contribution < 1.29 is 14.1 Å². The van der Waals surface area contributed by atoms with Crippen molar-refractivity contribution in [1.29, 1.82) is 0 Å². The summed E-state index contributed by atoms with van der Waals surface area (Å²) in [5.41, 5.74) is 5.51. The van der Waals surface area contributed by atoms with Gasteiger partial charge < -0.3 is 10.3 Å². The molecule has 0 aliphatic carbocycles. The number of benzene rings is 1. The second-order valence-electron chi connectivity index (χ2n) is 6.12. The summed E-state index contributed by atoms with van der Waals surface area (Å²) >= 11 is 0. The van der Waals surface area contributed by atoms with Crippen LogP contribution in [0.3, 0.4) is 0 Å². The van der Waals surface area contributed by atoms with E-state index in [4.69, 9.17) is 10.3 Å². The lowest BCUT2D eigenvalue weighted by Gasteiger charge is -2.16. The molecule has 1 aromatic heterocycles. The number of unbranched alkanes of at least 4 members (excludes halogenated alkanes) is 2. The van der Waals surface area contributed by atoms with Crippen LogP contribution in [-0.4, -0.2) is 34.9 Å². The van der Waals surface area contributed by atoms with E-state index < -0.39 is 11.7 Å². The molecule has 2 N–H and O–H groups in total. The number of ketones is 1. The molecule has 1 heterocycles. The van der Waals surface area contributed by atoms with Crippen LogP contribution in [0.4, 0.5) is 5.69 Å². The monoisotopic (exact) mass is 371 g/mol. The van der Waals surface area contributed by atoms with Crippen LogP contribution in [0.15, 0.2) is 45.2 Å². The van der Waals surface area contributed by atoms with Crippen molar-refractivity contribution in [3.8, 4) is 0 Å². The van der Waals surface area contributed by atoms with Crippen LogP contribution >= 0.6 is 0 Å². The second-order valence-corrected chi connectivity index (χ2v) is 6.12. The maximum Gasteiger partial charge on any atom is 0.273 e. The van der Waals surface area contributed by atoms with Gasteiger partial charge in [0.15, 0.2) is 11.4 Å². The Morgan fingerprint density at radius 2 is 1.74 bits per heavy atom. The molecule has 8 nitrogen and oxygen atoms in total. The van der Waals surface area contributed by atoms with Gasteiger partial charge in [0.25, 0.3) is 5.91 Å². The van der Waals surface area contributed by atoms with Crippen LogP contribution in [0.1, 0.15) is 66.1 Å². The number of aromatic nitrogens is 1. The van der Waals surface area contributed by atoms with Crippen LogP contribution < -0.4 is 5.73 Å². The fraction of sp³-hybridized carbons (Fsp3) is 0.421. The lowest BCUT2D eigenvalue weighted by molar-refractivity contribution is 0.0979. The first kappa shape index (κ1) is 20.3. The van der Waals surface area contributed by atoms with Gasteiger partial charge in [0, 0.05) is 18.7 Å². The Morgan fingerprint density at radius 1 is 1.11 bits per heavy atom. The molecule has 0 aliphatic heterocycles. The van der Waals surface area contributed by atoms with Gasteiger partial charge in [-0.1, -0.05) is 67.4 Å². The third-order valence-electron chi connectivity index (χ3n) is 3.95. The molecule has 0 bridgehead atoms. The number of nitrogens with two attached hydrogens (primary N) is 1. The number of carbonyl (C=O) groups excluding carboxylic acids is 2. The molecule has 1 amide bonds. The number of rotatable bonds is 11. The lowest BCUT2D eigenvalue weighted by atomic mass is 10.1. The summed E-state index contributed by atoms with van der Waals surface area (Å²) in [6.07, 6.45) is 3.97. The van der Waals surface area contributed by atoms with Crippen molar-refractivity contribution in [2.75, 3.05) is 13.1 Å². The van der Waals surface area contributed by atoms with E-state index in [9.17, 15) is 9.59 Å². The summed E-state index contributed by atoms with van der Waals surface area (Å²) in [5.74, 6) is -1.41. The molecule has 0 saturated carbocycles. The highest BCUT2D eigenvalue weighted by molar-refractivity contribution is 6.12. The summed E-state index contributed by atoms with van der Waals surface area (Å²) in [5, 5.41) is 13.8. The average molecular weight is 371 g/mol. The summed E-state index contributed by atoms with van der Waals surface area (Å²) in [6, 6.07) is 8.55. The third-order valence-corrected chi connectivity index (χ3v) is 3.95. The summed E-state index contributed by atoms with van der Waals surface area (Å²) < 4.78 is 5.10. The van der Waals surface area contributed by atoms with Crippen LogP contribution in [-0.2, 0) is 0 Å². The zero-order valence-corrected chi connectivity index (χ0v) is 15.7. The first-order chi connectivity index (χ1) is 13.1. The van der Waals surface area contributed by atoms with Crippen molar-refractivity contribution >= 4 is 17.4 Å². The van der Waals surface area contributed by atoms with Crippen LogP contribution in [0.25, 0.3) is 0 Å². The molecule has 0 aliphatic rings. The number of hydrogen-bond donors (Lipinski definition) is 1. The van der Waals surface area contributed by atoms with E-state index >= 15 is 0 Å². The second kappa shape index (κ2) is 10.2. The average Bonchev–Trinajstić information content (AvgIpc) is 3.11. The molecule has 27 heavy (non-hydrogen) atoms. The van der Waals surface area contributed by atoms with Gasteiger partial charge in [-0.15, -0.1) is 5.11 Å². The summed E-state index contributed by atoms with van der Waals surface area (Å²) in [4.78, 5) is 24.3. The van der Waals surface area contributed by atoms with Crippen LogP contribution in [0.5, 0.6) is 0 Å². The standard InChI is InChI=1S/C19H25N5O3/c1-3-5-12-24(13-6-4-2)23-21-15-16(19(20)26)22-27-18(15)17(25)14-10-8-7-9-11-14/h7-11H,3-6,12-13H2,1-2H3,(H2,20,26). The molecule has 8 heteroatoms. The van der Waals surface area contributed by atoms with E-state index in [0.29, 0.717) is 5.56 Å². The minimum absolute atomic E-state index is 0.0330. The van der Waals surface area contributed by atoms with Gasteiger partial charge in [0.05, 0.1) is 0 Å². The molecule has 0 spiro atoms. The topological polar surface area (TPSA) is 114 Å². The minimum Gasteiger partial charge on any atom is -0.364 e. The number of carbonyl (C=O) groups is 2. The first-order valence-corrected chi connectivity index (χ1v) is 9.14. The molecular formula is C19H25N5O3. The largest absolute Gasteiger partial charge is 0.364 e. The van der Waals surface area contributed by atoms with E-state index in [1.54, 1.807) is 30.3 Å². The molecule has 0 atom stereocenters. The van der Waals surface area contributed by atoms with Crippen molar-refractivity contribution in [2.24, 2.45) is 16.1 Å². The van der Waals surface area contributed by atoms with E-state index in [1.807, 2.05) is 5.01 Å². The number of amides is 1. The lowest BCUT2D eigenvalue weighted by Crippen LogP contribution is -2.19. The fourth-order valence-corrected chi connectivity index (χ4v) is 2.40. The Morgan fingerprint density at radius 3 is 2.30 bits per heavy atom. The van der Waals surface area contributed by atoms with Gasteiger partial charge in [-0.3, -0.25) is 14.6 Å². The maximum atomic E-state index is 12.7. The maximum absolute atomic E-state index is 12.7. The van der Waals surface area contributed by atoms with Crippen molar-refractivity contribution in [2.45, 2.75) is 39.5 Å². The third kappa shape index (κ3) is 5.47. The summed E-state index contributed by atoms with van der Waals surface area (Å²) in [7, 11) is 0. The number of nitrogens with zero attached hydrogens (tertiary/aromatic N) is 4. The predicted octanol–water partition coefficient (Wildman–Crippen LogP) is 3.91. The Bertz CT molecular complexity index is 778. The molecule has 2 rings (SSSR count). The molecule has 0 unspecified atom stereocenters. The SMILES string of the molecule is CCCCN(CCCC)N=Nc1c(C(N)=O)noc1C(=O)c1ccccc1. The van der Waals surface area contributed by atoms with Crippen LogP contribution in [0.2, 0.25) is 0 Å². The van der Waals surface area contributed by atoms with Crippen LogP contribution in [0, 0.1) is 0 Å². The van der Waals surface area contributed by atoms with Crippen molar-refractivity contribution in [1.82, 2.24) is 10.2 Å². The van der Waals surface area contributed by atoms with Crippen molar-refractivity contribution in [3.63, 3.8) is 0 Å². The van der Waals surface area contributed by atoms with E-state index in [0.717, 1.165) is 38.8 Å². The Labute approximate surface area is 158 Å². The Balaban J connectivity index is 2.34. The summed E-state index contributed by atoms with van der Waals surface area (Å²) in [6.45, 7) is 5.66. The molecule has 2 aromatic rings. The van der Waals surface area contributed by atoms with Gasteiger partial charge in [-0.25, -0.2) is 0 Å². The Kier molecular flexibility index (Phi) is 7.66. The predicted molar refractivity (Wildman–Crippen MR) is 101 cm³/mol. The van der Waals surface area contributed by atoms with E-state index in [-0.39, 0.29) is 17.1 Å². The first-order valence-electron chi connectivity index (χ1n) is 9.14. The molecule has 0 fully saturated rings. The smallest absolute Gasteiger partial charge is 0.273 e. The van der Waals surface area contributed by atoms with E-state index in [2.05, 4.69) is 29.3 Å². The van der Waals surface area contributed by atoms with Gasteiger partial charge >= 0.3 is 0 Å². The molecule has 0 radical (unpaired) electrons. The van der Waals surface area contributed by atoms with Gasteiger partial charge in [-0.2, -0.15) is 0 Å². The van der Waals surface area contributed by atoms with Gasteiger partial charge in [0.2, 0.25) is 11.5 Å². The highest BCUT2D eigenvalue weighted by atomic mass is 16.5. The zero-order valence-electron chi connectivity index (χ0n) is 15.7. The van der Waals surface area contributed by atoms with Gasteiger partial charge in [0.1, 0.15) is 0 Å². The number of hydrogen-bond acceptors (Lipinski definition) is 6. The quantitative estimate of drug-likeness (QED) is 0.365. The number of primary amides is 1. The molecule has 0 saturated heterocycles. The van der Waals surface area contributed by atoms with E-state index in [1.165, 1.54) is 0 Å². The minimum atomic E-state index is -0.825. The molecular weight excluding hydrogens is 346 g/mol. The zero-order chi connectivity index (χ0) is 19.6. The fourth-order valence-electron chi connectivity index (χ4n) is 2.40. The molecule has 144 valence electrons. The van der Waals surface area contributed by atoms with Gasteiger partial charge in [-0.05, 0) is 12.8 Å². The molecule has 1 aromatic carbocycles. The highest BCUT2D eigenvalue weighted by Crippen LogP contribution is 2.27.